The molecule has 128 valence electrons. The molecule has 0 aromatic rings. The number of nitrogens with one attached hydrogen (secondary N) is 1. The van der Waals surface area contributed by atoms with Crippen molar-refractivity contribution in [1.29, 1.82) is 0 Å². The van der Waals surface area contributed by atoms with Crippen LogP contribution in [0.4, 0.5) is 0 Å². The number of aliphatic carboxylic acids is 1. The van der Waals surface area contributed by atoms with Crippen molar-refractivity contribution in [3.63, 3.8) is 0 Å². The van der Waals surface area contributed by atoms with Crippen molar-refractivity contribution < 1.29 is 15.0 Å². The highest BCUT2D eigenvalue weighted by Crippen LogP contribution is 2.64. The van der Waals surface area contributed by atoms with Crippen molar-refractivity contribution in [2.75, 3.05) is 0 Å². The Hall–Kier alpha value is -0.870. The van der Waals surface area contributed by atoms with E-state index in [0.717, 1.165) is 32.1 Å². The van der Waals surface area contributed by atoms with Crippen molar-refractivity contribution in [3.05, 3.63) is 12.2 Å². The minimum atomic E-state index is -0.587. The molecule has 3 saturated carbocycles. The molecule has 4 rings (SSSR count). The molecule has 4 nitrogen and oxygen atoms in total. The molecule has 0 amide bonds. The summed E-state index contributed by atoms with van der Waals surface area (Å²) in [4.78, 5) is 11.7. The van der Waals surface area contributed by atoms with Gasteiger partial charge < -0.3 is 10.2 Å². The van der Waals surface area contributed by atoms with Gasteiger partial charge in [-0.15, -0.1) is 0 Å². The number of aliphatic hydroxyl groups excluding tert-OH is 1. The highest BCUT2D eigenvalue weighted by molar-refractivity contribution is 5.71. The van der Waals surface area contributed by atoms with Crippen molar-refractivity contribution in [3.8, 4) is 0 Å². The fourth-order valence-electron chi connectivity index (χ4n) is 6.86. The molecule has 0 bridgehead atoms. The van der Waals surface area contributed by atoms with Gasteiger partial charge in [0, 0.05) is 11.5 Å². The van der Waals surface area contributed by atoms with Gasteiger partial charge in [0.25, 0.3) is 0 Å². The Balaban J connectivity index is 1.65. The van der Waals surface area contributed by atoms with Crippen LogP contribution in [0.5, 0.6) is 0 Å². The van der Waals surface area contributed by atoms with Gasteiger partial charge in [0.1, 0.15) is 6.23 Å². The lowest BCUT2D eigenvalue weighted by Crippen LogP contribution is -2.60. The number of hydrogen-bond donors (Lipinski definition) is 3. The smallest absolute Gasteiger partial charge is 0.307 e. The summed E-state index contributed by atoms with van der Waals surface area (Å²) in [5.41, 5.74) is 0.0896. The molecule has 0 aromatic carbocycles. The molecule has 2 unspecified atom stereocenters. The molecular weight excluding hydrogens is 290 g/mol. The molecule has 0 aromatic heterocycles. The summed E-state index contributed by atoms with van der Waals surface area (Å²) >= 11 is 0. The number of rotatable bonds is 1. The van der Waals surface area contributed by atoms with E-state index in [1.807, 2.05) is 6.08 Å². The van der Waals surface area contributed by atoms with E-state index < -0.39 is 12.2 Å². The molecule has 1 heterocycles. The first kappa shape index (κ1) is 15.6. The second-order valence-electron chi connectivity index (χ2n) is 8.86. The van der Waals surface area contributed by atoms with Gasteiger partial charge in [-0.25, -0.2) is 0 Å². The minimum absolute atomic E-state index is 0.0124. The molecule has 3 fully saturated rings. The van der Waals surface area contributed by atoms with Gasteiger partial charge in [0.05, 0.1) is 5.92 Å². The van der Waals surface area contributed by atoms with Crippen molar-refractivity contribution >= 4 is 5.97 Å². The Morgan fingerprint density at radius 1 is 1.13 bits per heavy atom. The van der Waals surface area contributed by atoms with Crippen LogP contribution in [0.15, 0.2) is 12.2 Å². The first-order valence-corrected chi connectivity index (χ1v) is 9.22. The van der Waals surface area contributed by atoms with Gasteiger partial charge in [0.2, 0.25) is 0 Å². The summed E-state index contributed by atoms with van der Waals surface area (Å²) in [6.45, 7) is 4.59. The number of carbonyl (C=O) groups is 1. The highest BCUT2D eigenvalue weighted by Gasteiger charge is 2.60. The number of carboxylic acid groups (broad SMARTS) is 1. The summed E-state index contributed by atoms with van der Waals surface area (Å²) in [6.07, 6.45) is 9.99. The molecule has 0 saturated heterocycles. The average molecular weight is 319 g/mol. The SMILES string of the molecule is C[C@]12CC[C@H]3[C@@H](CCC4NC(O)C=C[C@@]43C)[C@@H]1CC[C@@H]2C(=O)O. The maximum Gasteiger partial charge on any atom is 0.307 e. The topological polar surface area (TPSA) is 69.6 Å². The van der Waals surface area contributed by atoms with E-state index in [4.69, 9.17) is 0 Å². The highest BCUT2D eigenvalue weighted by atomic mass is 16.4. The Morgan fingerprint density at radius 3 is 2.65 bits per heavy atom. The van der Waals surface area contributed by atoms with E-state index in [1.165, 1.54) is 6.42 Å². The first-order valence-electron chi connectivity index (χ1n) is 9.22. The predicted octanol–water partition coefficient (Wildman–Crippen LogP) is 2.78. The van der Waals surface area contributed by atoms with E-state index >= 15 is 0 Å². The molecular formula is C19H29NO3. The molecule has 8 atom stereocenters. The Bertz CT molecular complexity index is 547. The summed E-state index contributed by atoms with van der Waals surface area (Å²) in [5, 5.41) is 22.9. The van der Waals surface area contributed by atoms with Crippen LogP contribution in [0, 0.1) is 34.5 Å². The van der Waals surface area contributed by atoms with Gasteiger partial charge in [-0.3, -0.25) is 10.1 Å². The van der Waals surface area contributed by atoms with Gasteiger partial charge in [-0.2, -0.15) is 0 Å². The quantitative estimate of drug-likeness (QED) is 0.650. The van der Waals surface area contributed by atoms with E-state index in [-0.39, 0.29) is 16.7 Å². The minimum Gasteiger partial charge on any atom is -0.481 e. The van der Waals surface area contributed by atoms with Crippen LogP contribution in [-0.4, -0.2) is 28.5 Å². The van der Waals surface area contributed by atoms with Gasteiger partial charge in [-0.05, 0) is 67.8 Å². The Morgan fingerprint density at radius 2 is 1.91 bits per heavy atom. The average Bonchev–Trinajstić information content (AvgIpc) is 2.85. The lowest BCUT2D eigenvalue weighted by Gasteiger charge is -2.59. The predicted molar refractivity (Wildman–Crippen MR) is 87.6 cm³/mol. The lowest BCUT2D eigenvalue weighted by molar-refractivity contribution is -0.149. The van der Waals surface area contributed by atoms with E-state index in [0.29, 0.717) is 23.8 Å². The van der Waals surface area contributed by atoms with Crippen LogP contribution < -0.4 is 5.32 Å². The summed E-state index contributed by atoms with van der Waals surface area (Å²) in [5.74, 6) is 1.07. The molecule has 1 aliphatic heterocycles. The molecule has 0 spiro atoms. The third-order valence-corrected chi connectivity index (χ3v) is 8.08. The van der Waals surface area contributed by atoms with Crippen LogP contribution in [0.3, 0.4) is 0 Å². The third kappa shape index (κ3) is 2.07. The van der Waals surface area contributed by atoms with Crippen LogP contribution in [0.2, 0.25) is 0 Å². The molecule has 3 N–H and O–H groups in total. The van der Waals surface area contributed by atoms with Gasteiger partial charge in [0.15, 0.2) is 0 Å². The van der Waals surface area contributed by atoms with Crippen LogP contribution in [0.25, 0.3) is 0 Å². The van der Waals surface area contributed by atoms with Crippen molar-refractivity contribution in [1.82, 2.24) is 5.32 Å². The number of carboxylic acids is 1. The summed E-state index contributed by atoms with van der Waals surface area (Å²) in [6, 6.07) is 0.352. The largest absolute Gasteiger partial charge is 0.481 e. The Labute approximate surface area is 138 Å². The zero-order chi connectivity index (χ0) is 16.4. The fraction of sp³-hybridized carbons (Fsp3) is 0.842. The molecule has 4 aliphatic rings. The monoisotopic (exact) mass is 319 g/mol. The number of aliphatic hydroxyl groups is 1. The van der Waals surface area contributed by atoms with Crippen molar-refractivity contribution in [2.24, 2.45) is 34.5 Å². The first-order chi connectivity index (χ1) is 10.9. The summed E-state index contributed by atoms with van der Waals surface area (Å²) < 4.78 is 0. The van der Waals surface area contributed by atoms with Gasteiger partial charge >= 0.3 is 5.97 Å². The van der Waals surface area contributed by atoms with Crippen molar-refractivity contribution in [2.45, 2.75) is 64.6 Å². The van der Waals surface area contributed by atoms with E-state index in [1.54, 1.807) is 0 Å². The van der Waals surface area contributed by atoms with Gasteiger partial charge in [-0.1, -0.05) is 19.9 Å². The number of hydrogen-bond acceptors (Lipinski definition) is 3. The maximum atomic E-state index is 11.7. The zero-order valence-electron chi connectivity index (χ0n) is 14.2. The second-order valence-corrected chi connectivity index (χ2v) is 8.86. The lowest BCUT2D eigenvalue weighted by atomic mass is 9.48. The fourth-order valence-corrected chi connectivity index (χ4v) is 6.86. The van der Waals surface area contributed by atoms with Crippen LogP contribution >= 0.6 is 0 Å². The zero-order valence-corrected chi connectivity index (χ0v) is 14.2. The molecule has 3 aliphatic carbocycles. The third-order valence-electron chi connectivity index (χ3n) is 8.08. The number of fused-ring (bicyclic) bond motifs is 5. The molecule has 0 radical (unpaired) electrons. The van der Waals surface area contributed by atoms with E-state index in [9.17, 15) is 15.0 Å². The van der Waals surface area contributed by atoms with Crippen LogP contribution in [-0.2, 0) is 4.79 Å². The normalized spacial score (nSPS) is 54.9. The standard InChI is InChI=1S/C19H29NO3/c1-18-9-7-13-11(12(18)4-5-14(18)17(22)23)3-6-15-19(13,2)10-8-16(21)20-15/h8,10-16,20-21H,3-7,9H2,1-2H3,(H,22,23)/t11-,12-,13-,14+,15?,16?,18-,19+/m0/s1. The maximum absolute atomic E-state index is 11.7. The Kier molecular flexibility index (Phi) is 3.44. The van der Waals surface area contributed by atoms with Crippen LogP contribution in [0.1, 0.15) is 52.4 Å². The molecule has 23 heavy (non-hydrogen) atoms. The molecule has 4 heteroatoms. The summed E-state index contributed by atoms with van der Waals surface area (Å²) in [7, 11) is 0. The second kappa shape index (κ2) is 5.06. The van der Waals surface area contributed by atoms with E-state index in [2.05, 4.69) is 25.2 Å².